The van der Waals surface area contributed by atoms with Gasteiger partial charge < -0.3 is 14.8 Å². The molecular weight excluding hydrogens is 306 g/mol. The number of allylic oxidation sites excluding steroid dienone is 2. The van der Waals surface area contributed by atoms with E-state index in [4.69, 9.17) is 9.47 Å². The smallest absolute Gasteiger partial charge is 0.310 e. The summed E-state index contributed by atoms with van der Waals surface area (Å²) in [5.74, 6) is -1.26. The molecule has 1 heterocycles. The van der Waals surface area contributed by atoms with E-state index in [2.05, 4.69) is 5.32 Å². The Balaban J connectivity index is 1.58. The second-order valence-electron chi connectivity index (χ2n) is 6.28. The fraction of sp³-hybridized carbons (Fsp3) is 0.474. The van der Waals surface area contributed by atoms with Crippen molar-refractivity contribution in [1.82, 2.24) is 0 Å². The molecule has 1 aromatic carbocycles. The van der Waals surface area contributed by atoms with Crippen LogP contribution in [0.1, 0.15) is 25.7 Å². The maximum Gasteiger partial charge on any atom is 0.310 e. The fourth-order valence-electron chi connectivity index (χ4n) is 3.18. The van der Waals surface area contributed by atoms with Crippen LogP contribution in [-0.2, 0) is 19.1 Å². The van der Waals surface area contributed by atoms with Crippen LogP contribution in [0.5, 0.6) is 0 Å². The molecule has 3 atom stereocenters. The van der Waals surface area contributed by atoms with Gasteiger partial charge in [0.15, 0.2) is 0 Å². The first kappa shape index (κ1) is 16.7. The topological polar surface area (TPSA) is 64.6 Å². The molecule has 0 spiro atoms. The van der Waals surface area contributed by atoms with Crippen molar-refractivity contribution >= 4 is 17.6 Å². The second kappa shape index (κ2) is 8.11. The minimum absolute atomic E-state index is 0.00433. The van der Waals surface area contributed by atoms with Crippen molar-refractivity contribution in [2.24, 2.45) is 11.8 Å². The predicted octanol–water partition coefficient (Wildman–Crippen LogP) is 2.93. The Labute approximate surface area is 142 Å². The van der Waals surface area contributed by atoms with E-state index in [0.29, 0.717) is 12.8 Å². The Morgan fingerprint density at radius 1 is 1.12 bits per heavy atom. The predicted molar refractivity (Wildman–Crippen MR) is 90.4 cm³/mol. The summed E-state index contributed by atoms with van der Waals surface area (Å²) in [5, 5.41) is 2.89. The van der Waals surface area contributed by atoms with Gasteiger partial charge in [0.25, 0.3) is 0 Å². The number of hydrogen-bond donors (Lipinski definition) is 1. The molecule has 1 amide bonds. The van der Waals surface area contributed by atoms with E-state index >= 15 is 0 Å². The van der Waals surface area contributed by atoms with Gasteiger partial charge in [0.2, 0.25) is 5.91 Å². The van der Waals surface area contributed by atoms with Crippen LogP contribution in [0, 0.1) is 11.8 Å². The maximum absolute atomic E-state index is 12.6. The molecule has 1 aromatic rings. The summed E-state index contributed by atoms with van der Waals surface area (Å²) in [6.45, 7) is 1.02. The average Bonchev–Trinajstić information content (AvgIpc) is 3.14. The number of rotatable bonds is 5. The highest BCUT2D eigenvalue weighted by atomic mass is 16.6. The van der Waals surface area contributed by atoms with E-state index in [0.717, 1.165) is 25.1 Å². The quantitative estimate of drug-likeness (QED) is 0.666. The molecule has 1 aliphatic carbocycles. The van der Waals surface area contributed by atoms with Crippen molar-refractivity contribution in [1.29, 1.82) is 0 Å². The molecule has 0 saturated carbocycles. The summed E-state index contributed by atoms with van der Waals surface area (Å²) in [6.07, 6.45) is 6.94. The number of amides is 1. The van der Waals surface area contributed by atoms with E-state index in [-0.39, 0.29) is 24.6 Å². The summed E-state index contributed by atoms with van der Waals surface area (Å²) in [7, 11) is 0. The average molecular weight is 329 g/mol. The van der Waals surface area contributed by atoms with E-state index < -0.39 is 11.8 Å². The standard InChI is InChI=1S/C19H23NO4/c21-18(20-14-7-2-1-3-8-14)16-10-4-5-11-17(16)19(22)24-13-15-9-6-12-23-15/h1-5,7-8,15-17H,6,9-13H2,(H,20,21)/t15-,16-,17-/m0/s1. The molecule has 0 bridgehead atoms. The number of nitrogens with one attached hydrogen (secondary N) is 1. The van der Waals surface area contributed by atoms with Crippen LogP contribution in [0.15, 0.2) is 42.5 Å². The number of hydrogen-bond acceptors (Lipinski definition) is 4. The number of carbonyl (C=O) groups excluding carboxylic acids is 2. The van der Waals surface area contributed by atoms with Gasteiger partial charge in [-0.05, 0) is 37.8 Å². The molecule has 2 aliphatic rings. The molecule has 0 aromatic heterocycles. The highest BCUT2D eigenvalue weighted by Gasteiger charge is 2.35. The Bertz CT molecular complexity index is 593. The number of para-hydroxylation sites is 1. The summed E-state index contributed by atoms with van der Waals surface area (Å²) >= 11 is 0. The van der Waals surface area contributed by atoms with E-state index in [1.54, 1.807) is 0 Å². The van der Waals surface area contributed by atoms with E-state index in [1.165, 1.54) is 0 Å². The normalized spacial score (nSPS) is 26.1. The monoisotopic (exact) mass is 329 g/mol. The van der Waals surface area contributed by atoms with Crippen molar-refractivity contribution in [3.63, 3.8) is 0 Å². The third-order valence-electron chi connectivity index (χ3n) is 4.55. The van der Waals surface area contributed by atoms with Crippen molar-refractivity contribution in [3.8, 4) is 0 Å². The lowest BCUT2D eigenvalue weighted by molar-refractivity contribution is -0.155. The van der Waals surface area contributed by atoms with Crippen LogP contribution in [0.3, 0.4) is 0 Å². The first-order valence-corrected chi connectivity index (χ1v) is 8.53. The molecule has 1 aliphatic heterocycles. The van der Waals surface area contributed by atoms with Crippen molar-refractivity contribution < 1.29 is 19.1 Å². The molecule has 0 radical (unpaired) electrons. The van der Waals surface area contributed by atoms with Crippen LogP contribution < -0.4 is 5.32 Å². The lowest BCUT2D eigenvalue weighted by atomic mass is 9.82. The van der Waals surface area contributed by atoms with Crippen molar-refractivity contribution in [2.75, 3.05) is 18.5 Å². The summed E-state index contributed by atoms with van der Waals surface area (Å²) in [5.41, 5.74) is 0.739. The molecule has 5 nitrogen and oxygen atoms in total. The first-order chi connectivity index (χ1) is 11.7. The molecule has 128 valence electrons. The third-order valence-corrected chi connectivity index (χ3v) is 4.55. The van der Waals surface area contributed by atoms with Gasteiger partial charge >= 0.3 is 5.97 Å². The van der Waals surface area contributed by atoms with E-state index in [9.17, 15) is 9.59 Å². The van der Waals surface area contributed by atoms with Crippen molar-refractivity contribution in [2.45, 2.75) is 31.8 Å². The van der Waals surface area contributed by atoms with Crippen LogP contribution in [0.2, 0.25) is 0 Å². The Morgan fingerprint density at radius 2 is 1.88 bits per heavy atom. The Kier molecular flexibility index (Phi) is 5.64. The van der Waals surface area contributed by atoms with Gasteiger partial charge in [0.1, 0.15) is 6.61 Å². The largest absolute Gasteiger partial charge is 0.463 e. The van der Waals surface area contributed by atoms with Gasteiger partial charge in [-0.15, -0.1) is 0 Å². The lowest BCUT2D eigenvalue weighted by Gasteiger charge is -2.26. The number of esters is 1. The Hall–Kier alpha value is -2.14. The number of anilines is 1. The molecule has 5 heteroatoms. The maximum atomic E-state index is 12.6. The molecule has 3 rings (SSSR count). The van der Waals surface area contributed by atoms with Crippen molar-refractivity contribution in [3.05, 3.63) is 42.5 Å². The highest BCUT2D eigenvalue weighted by molar-refractivity contribution is 5.95. The van der Waals surface area contributed by atoms with Crippen LogP contribution in [-0.4, -0.2) is 31.2 Å². The van der Waals surface area contributed by atoms with Gasteiger partial charge in [-0.2, -0.15) is 0 Å². The molecule has 1 fully saturated rings. The first-order valence-electron chi connectivity index (χ1n) is 8.53. The van der Waals surface area contributed by atoms with Crippen LogP contribution in [0.25, 0.3) is 0 Å². The molecule has 0 unspecified atom stereocenters. The SMILES string of the molecule is O=C(Nc1ccccc1)[C@H]1CC=CC[C@@H]1C(=O)OC[C@@H]1CCCO1. The van der Waals surface area contributed by atoms with Crippen LogP contribution >= 0.6 is 0 Å². The molecular formula is C19H23NO4. The minimum atomic E-state index is -0.430. The summed E-state index contributed by atoms with van der Waals surface area (Å²) < 4.78 is 10.9. The minimum Gasteiger partial charge on any atom is -0.463 e. The van der Waals surface area contributed by atoms with E-state index in [1.807, 2.05) is 42.5 Å². The van der Waals surface area contributed by atoms with Gasteiger partial charge in [0.05, 0.1) is 17.9 Å². The number of carbonyl (C=O) groups is 2. The summed E-state index contributed by atoms with van der Waals surface area (Å²) in [4.78, 5) is 25.0. The molecule has 1 N–H and O–H groups in total. The molecule has 24 heavy (non-hydrogen) atoms. The summed E-state index contributed by atoms with van der Waals surface area (Å²) in [6, 6.07) is 9.29. The molecule has 1 saturated heterocycles. The van der Waals surface area contributed by atoms with Gasteiger partial charge in [-0.3, -0.25) is 9.59 Å². The Morgan fingerprint density at radius 3 is 2.58 bits per heavy atom. The fourth-order valence-corrected chi connectivity index (χ4v) is 3.18. The zero-order chi connectivity index (χ0) is 16.8. The second-order valence-corrected chi connectivity index (χ2v) is 6.28. The number of ether oxygens (including phenoxy) is 2. The van der Waals surface area contributed by atoms with Crippen LogP contribution in [0.4, 0.5) is 5.69 Å². The highest BCUT2D eigenvalue weighted by Crippen LogP contribution is 2.28. The van der Waals surface area contributed by atoms with Gasteiger partial charge in [0, 0.05) is 12.3 Å². The van der Waals surface area contributed by atoms with Gasteiger partial charge in [-0.1, -0.05) is 30.4 Å². The lowest BCUT2D eigenvalue weighted by Crippen LogP contribution is -2.36. The van der Waals surface area contributed by atoms with Gasteiger partial charge in [-0.25, -0.2) is 0 Å². The third kappa shape index (κ3) is 4.23. The zero-order valence-electron chi connectivity index (χ0n) is 13.6. The number of benzene rings is 1. The zero-order valence-corrected chi connectivity index (χ0v) is 13.6.